The van der Waals surface area contributed by atoms with E-state index in [0.29, 0.717) is 17.9 Å². The molecule has 8 nitrogen and oxygen atoms in total. The number of ether oxygens (including phenoxy) is 1. The Balaban J connectivity index is 1.09. The fraction of sp³-hybridized carbons (Fsp3) is 0.462. The van der Waals surface area contributed by atoms with Gasteiger partial charge in [-0.05, 0) is 86.8 Å². The molecule has 2 aromatic carbocycles. The Kier molecular flexibility index (Phi) is 7.62. The SMILES string of the molecule is O=S(=O)(NC[C@H]1CC[C@H](CNc2nc(NC3CC3)c3ccccc3n2)CC1)c1ccc(OC(F)(F)F)cc1. The molecule has 1 aromatic heterocycles. The lowest BCUT2D eigenvalue weighted by Gasteiger charge is -2.28. The zero-order chi connectivity index (χ0) is 26.8. The van der Waals surface area contributed by atoms with E-state index in [2.05, 4.69) is 25.1 Å². The highest BCUT2D eigenvalue weighted by atomic mass is 32.2. The topological polar surface area (TPSA) is 105 Å². The van der Waals surface area contributed by atoms with E-state index in [0.717, 1.165) is 86.1 Å². The summed E-state index contributed by atoms with van der Waals surface area (Å²) in [5.74, 6) is 1.62. The van der Waals surface area contributed by atoms with Crippen LogP contribution in [0.25, 0.3) is 10.9 Å². The second kappa shape index (κ2) is 10.9. The minimum Gasteiger partial charge on any atom is -0.406 e. The van der Waals surface area contributed by atoms with Gasteiger partial charge in [-0.2, -0.15) is 4.98 Å². The van der Waals surface area contributed by atoms with Crippen molar-refractivity contribution in [2.24, 2.45) is 11.8 Å². The van der Waals surface area contributed by atoms with E-state index in [9.17, 15) is 21.6 Å². The van der Waals surface area contributed by atoms with E-state index >= 15 is 0 Å². The summed E-state index contributed by atoms with van der Waals surface area (Å²) in [4.78, 5) is 9.28. The van der Waals surface area contributed by atoms with E-state index in [1.54, 1.807) is 0 Å². The van der Waals surface area contributed by atoms with Gasteiger partial charge in [0, 0.05) is 24.5 Å². The number of halogens is 3. The van der Waals surface area contributed by atoms with Crippen LogP contribution in [0, 0.1) is 11.8 Å². The number of aromatic nitrogens is 2. The molecule has 12 heteroatoms. The second-order valence-electron chi connectivity index (χ2n) is 9.97. The molecule has 38 heavy (non-hydrogen) atoms. The summed E-state index contributed by atoms with van der Waals surface area (Å²) in [6, 6.07) is 12.6. The molecule has 0 saturated heterocycles. The normalized spacial score (nSPS) is 20.3. The lowest BCUT2D eigenvalue weighted by Crippen LogP contribution is -2.32. The Morgan fingerprint density at radius 1 is 0.868 bits per heavy atom. The summed E-state index contributed by atoms with van der Waals surface area (Å²) >= 11 is 0. The Morgan fingerprint density at radius 3 is 2.18 bits per heavy atom. The molecular weight excluding hydrogens is 519 g/mol. The molecule has 1 heterocycles. The van der Waals surface area contributed by atoms with Crippen molar-refractivity contribution in [1.29, 1.82) is 0 Å². The van der Waals surface area contributed by atoms with Crippen LogP contribution in [-0.2, 0) is 10.0 Å². The maximum atomic E-state index is 12.6. The molecule has 2 fully saturated rings. The number of benzene rings is 2. The third-order valence-corrected chi connectivity index (χ3v) is 8.41. The lowest BCUT2D eigenvalue weighted by atomic mass is 9.82. The maximum Gasteiger partial charge on any atom is 0.573 e. The number of rotatable bonds is 10. The largest absolute Gasteiger partial charge is 0.573 e. The minimum absolute atomic E-state index is 0.101. The molecule has 0 spiro atoms. The van der Waals surface area contributed by atoms with Crippen LogP contribution in [0.1, 0.15) is 38.5 Å². The molecule has 3 N–H and O–H groups in total. The highest BCUT2D eigenvalue weighted by molar-refractivity contribution is 7.89. The highest BCUT2D eigenvalue weighted by Gasteiger charge is 2.31. The average molecular weight is 550 g/mol. The van der Waals surface area contributed by atoms with Crippen LogP contribution in [0.5, 0.6) is 5.75 Å². The summed E-state index contributed by atoms with van der Waals surface area (Å²) in [5.41, 5.74) is 0.895. The molecular formula is C26H30F3N5O3S. The average Bonchev–Trinajstić information content (AvgIpc) is 3.70. The number of nitrogens with zero attached hydrogens (tertiary/aromatic N) is 2. The van der Waals surface area contributed by atoms with Crippen molar-refractivity contribution in [3.8, 4) is 5.75 Å². The first-order valence-electron chi connectivity index (χ1n) is 12.8. The molecule has 0 radical (unpaired) electrons. The summed E-state index contributed by atoms with van der Waals surface area (Å²) < 4.78 is 68.5. The molecule has 0 amide bonds. The Labute approximate surface area is 219 Å². The van der Waals surface area contributed by atoms with Crippen molar-refractivity contribution in [1.82, 2.24) is 14.7 Å². The van der Waals surface area contributed by atoms with E-state index < -0.39 is 22.1 Å². The van der Waals surface area contributed by atoms with Crippen molar-refractivity contribution >= 4 is 32.7 Å². The zero-order valence-electron chi connectivity index (χ0n) is 20.7. The van der Waals surface area contributed by atoms with Gasteiger partial charge in [0.25, 0.3) is 0 Å². The molecule has 2 saturated carbocycles. The molecule has 0 unspecified atom stereocenters. The van der Waals surface area contributed by atoms with Crippen LogP contribution in [-0.4, -0.2) is 43.9 Å². The third kappa shape index (κ3) is 7.04. The fourth-order valence-electron chi connectivity index (χ4n) is 4.69. The number of para-hydroxylation sites is 1. The summed E-state index contributed by atoms with van der Waals surface area (Å²) in [6.45, 7) is 1.03. The van der Waals surface area contributed by atoms with Gasteiger partial charge >= 0.3 is 6.36 Å². The Hall–Kier alpha value is -3.12. The number of sulfonamides is 1. The van der Waals surface area contributed by atoms with Crippen LogP contribution in [0.3, 0.4) is 0 Å². The number of hydrogen-bond donors (Lipinski definition) is 3. The van der Waals surface area contributed by atoms with E-state index in [-0.39, 0.29) is 17.4 Å². The van der Waals surface area contributed by atoms with Crippen LogP contribution in [0.15, 0.2) is 53.4 Å². The van der Waals surface area contributed by atoms with Gasteiger partial charge in [-0.1, -0.05) is 12.1 Å². The number of alkyl halides is 3. The predicted molar refractivity (Wildman–Crippen MR) is 138 cm³/mol. The van der Waals surface area contributed by atoms with Gasteiger partial charge in [-0.15, -0.1) is 13.2 Å². The van der Waals surface area contributed by atoms with Crippen molar-refractivity contribution < 1.29 is 26.3 Å². The molecule has 0 aliphatic heterocycles. The van der Waals surface area contributed by atoms with Crippen molar-refractivity contribution in [3.05, 3.63) is 48.5 Å². The minimum atomic E-state index is -4.83. The third-order valence-electron chi connectivity index (χ3n) is 6.97. The van der Waals surface area contributed by atoms with Crippen molar-refractivity contribution in [3.63, 3.8) is 0 Å². The zero-order valence-corrected chi connectivity index (χ0v) is 21.5. The molecule has 2 aliphatic rings. The number of anilines is 2. The van der Waals surface area contributed by atoms with Crippen LogP contribution in [0.2, 0.25) is 0 Å². The maximum absolute atomic E-state index is 12.6. The van der Waals surface area contributed by atoms with Gasteiger partial charge in [-0.25, -0.2) is 18.1 Å². The van der Waals surface area contributed by atoms with Gasteiger partial charge in [0.1, 0.15) is 11.6 Å². The first-order valence-corrected chi connectivity index (χ1v) is 14.3. The van der Waals surface area contributed by atoms with Gasteiger partial charge in [0.05, 0.1) is 10.4 Å². The van der Waals surface area contributed by atoms with Crippen LogP contribution < -0.4 is 20.1 Å². The van der Waals surface area contributed by atoms with Gasteiger partial charge < -0.3 is 15.4 Å². The molecule has 2 aliphatic carbocycles. The summed E-state index contributed by atoms with van der Waals surface area (Å²) in [5, 5.41) is 7.90. The number of nitrogens with one attached hydrogen (secondary N) is 3. The number of fused-ring (bicyclic) bond motifs is 1. The van der Waals surface area contributed by atoms with Gasteiger partial charge in [-0.3, -0.25) is 0 Å². The smallest absolute Gasteiger partial charge is 0.406 e. The Bertz CT molecular complexity index is 1360. The summed E-state index contributed by atoms with van der Waals surface area (Å²) in [6.07, 6.45) is 1.13. The number of hydrogen-bond acceptors (Lipinski definition) is 7. The first-order chi connectivity index (χ1) is 18.1. The fourth-order valence-corrected chi connectivity index (χ4v) is 5.81. The quantitative estimate of drug-likeness (QED) is 0.315. The van der Waals surface area contributed by atoms with Gasteiger partial charge in [0.15, 0.2) is 0 Å². The highest BCUT2D eigenvalue weighted by Crippen LogP contribution is 2.31. The molecule has 5 rings (SSSR count). The summed E-state index contributed by atoms with van der Waals surface area (Å²) in [7, 11) is -3.83. The van der Waals surface area contributed by atoms with Crippen LogP contribution in [0.4, 0.5) is 24.9 Å². The molecule has 204 valence electrons. The molecule has 0 bridgehead atoms. The molecule has 3 aromatic rings. The monoisotopic (exact) mass is 549 g/mol. The van der Waals surface area contributed by atoms with Crippen LogP contribution >= 0.6 is 0 Å². The standard InChI is InChI=1S/C26H30F3N5O3S/c27-26(28,29)37-20-11-13-21(14-12-20)38(35,36)31-16-18-7-5-17(6-8-18)15-30-25-33-23-4-2-1-3-22(23)24(34-25)32-19-9-10-19/h1-4,11-14,17-19,31H,5-10,15-16H2,(H2,30,32,33,34)/t17-,18-. The lowest BCUT2D eigenvalue weighted by molar-refractivity contribution is -0.274. The first kappa shape index (κ1) is 26.5. The Morgan fingerprint density at radius 2 is 1.53 bits per heavy atom. The predicted octanol–water partition coefficient (Wildman–Crippen LogP) is 5.30. The van der Waals surface area contributed by atoms with Crippen molar-refractivity contribution in [2.45, 2.75) is 55.8 Å². The van der Waals surface area contributed by atoms with E-state index in [4.69, 9.17) is 4.98 Å². The second-order valence-corrected chi connectivity index (χ2v) is 11.7. The van der Waals surface area contributed by atoms with E-state index in [1.165, 1.54) is 0 Å². The van der Waals surface area contributed by atoms with E-state index in [1.807, 2.05) is 24.3 Å². The van der Waals surface area contributed by atoms with Gasteiger partial charge in [0.2, 0.25) is 16.0 Å². The van der Waals surface area contributed by atoms with Crippen molar-refractivity contribution in [2.75, 3.05) is 23.7 Å². The molecule has 0 atom stereocenters.